The third kappa shape index (κ3) is 3.64. The molecule has 1 aromatic carbocycles. The summed E-state index contributed by atoms with van der Waals surface area (Å²) in [7, 11) is -4.11. The molecule has 0 unspecified atom stereocenters. The van der Waals surface area contributed by atoms with Gasteiger partial charge in [0.05, 0.1) is 6.61 Å². The van der Waals surface area contributed by atoms with E-state index in [1.165, 1.54) is 11.8 Å². The van der Waals surface area contributed by atoms with E-state index in [0.29, 0.717) is 5.75 Å². The lowest BCUT2D eigenvalue weighted by Gasteiger charge is -2.09. The molecular weight excluding hydrogens is 284 g/mol. The molecule has 4 nitrogen and oxygen atoms in total. The average Bonchev–Trinajstić information content (AvgIpc) is 2.32. The van der Waals surface area contributed by atoms with Crippen molar-refractivity contribution in [1.82, 2.24) is 4.72 Å². The first-order valence-electron chi connectivity index (χ1n) is 4.99. The zero-order chi connectivity index (χ0) is 13.8. The van der Waals surface area contributed by atoms with E-state index in [1.807, 2.05) is 0 Å². The predicted molar refractivity (Wildman–Crippen MR) is 65.9 cm³/mol. The second-order valence-electron chi connectivity index (χ2n) is 3.44. The largest absolute Gasteiger partial charge is 0.392 e. The molecule has 0 radical (unpaired) electrons. The molecule has 0 fully saturated rings. The van der Waals surface area contributed by atoms with Gasteiger partial charge in [0.1, 0.15) is 4.90 Å². The summed E-state index contributed by atoms with van der Waals surface area (Å²) in [6.45, 7) is -0.446. The Balaban J connectivity index is 3.11. The minimum Gasteiger partial charge on any atom is -0.392 e. The van der Waals surface area contributed by atoms with Crippen LogP contribution in [0.2, 0.25) is 0 Å². The highest BCUT2D eigenvalue weighted by Crippen LogP contribution is 2.19. The summed E-state index contributed by atoms with van der Waals surface area (Å²) < 4.78 is 52.2. The maximum atomic E-state index is 13.4. The number of aliphatic hydroxyl groups excluding tert-OH is 1. The molecule has 0 saturated carbocycles. The van der Waals surface area contributed by atoms with Crippen molar-refractivity contribution < 1.29 is 22.3 Å². The lowest BCUT2D eigenvalue weighted by molar-refractivity contribution is 0.280. The molecular formula is C10H13F2NO3S2. The molecule has 0 aromatic heterocycles. The van der Waals surface area contributed by atoms with Crippen LogP contribution in [0.4, 0.5) is 8.78 Å². The van der Waals surface area contributed by atoms with Crippen LogP contribution in [0, 0.1) is 11.6 Å². The van der Waals surface area contributed by atoms with Gasteiger partial charge in [0.25, 0.3) is 0 Å². The highest BCUT2D eigenvalue weighted by molar-refractivity contribution is 7.98. The van der Waals surface area contributed by atoms with E-state index in [9.17, 15) is 17.2 Å². The van der Waals surface area contributed by atoms with E-state index < -0.39 is 33.2 Å². The van der Waals surface area contributed by atoms with E-state index in [0.717, 1.165) is 12.1 Å². The molecule has 0 amide bonds. The van der Waals surface area contributed by atoms with Gasteiger partial charge in [0.15, 0.2) is 11.6 Å². The maximum Gasteiger partial charge on any atom is 0.243 e. The van der Waals surface area contributed by atoms with Crippen LogP contribution in [0.1, 0.15) is 5.56 Å². The third-order valence-corrected chi connectivity index (χ3v) is 4.20. The summed E-state index contributed by atoms with van der Waals surface area (Å²) in [5.74, 6) is -2.22. The number of aliphatic hydroxyl groups is 1. The average molecular weight is 297 g/mol. The van der Waals surface area contributed by atoms with Gasteiger partial charge in [-0.1, -0.05) is 0 Å². The second kappa shape index (κ2) is 6.46. The van der Waals surface area contributed by atoms with E-state index >= 15 is 0 Å². The molecule has 102 valence electrons. The quantitative estimate of drug-likeness (QED) is 0.772. The molecule has 1 rings (SSSR count). The number of halogens is 2. The van der Waals surface area contributed by atoms with Crippen LogP contribution in [0.5, 0.6) is 0 Å². The highest BCUT2D eigenvalue weighted by atomic mass is 32.2. The summed E-state index contributed by atoms with van der Waals surface area (Å²) in [4.78, 5) is -0.785. The number of benzene rings is 1. The zero-order valence-electron chi connectivity index (χ0n) is 9.61. The number of nitrogens with one attached hydrogen (secondary N) is 1. The number of rotatable bonds is 6. The summed E-state index contributed by atoms with van der Waals surface area (Å²) >= 11 is 1.42. The molecule has 2 N–H and O–H groups in total. The van der Waals surface area contributed by atoms with Gasteiger partial charge >= 0.3 is 0 Å². The maximum absolute atomic E-state index is 13.4. The smallest absolute Gasteiger partial charge is 0.243 e. The fraction of sp³-hybridized carbons (Fsp3) is 0.400. The summed E-state index contributed by atoms with van der Waals surface area (Å²) in [5, 5.41) is 8.85. The molecule has 0 spiro atoms. The van der Waals surface area contributed by atoms with E-state index in [2.05, 4.69) is 4.72 Å². The van der Waals surface area contributed by atoms with Crippen molar-refractivity contribution >= 4 is 21.8 Å². The molecule has 0 aliphatic heterocycles. The van der Waals surface area contributed by atoms with E-state index in [1.54, 1.807) is 6.26 Å². The Hall–Kier alpha value is -0.700. The standard InChI is InChI=1S/C10H13F2NO3S2/c1-17-3-2-13-18(15,16)9-5-7(6-14)4-8(11)10(9)12/h4-5,13-14H,2-3,6H2,1H3. The Bertz CT molecular complexity index is 520. The first-order chi connectivity index (χ1) is 8.42. The summed E-state index contributed by atoms with van der Waals surface area (Å²) in [5.41, 5.74) is -0.000795. The number of hydrogen-bond donors (Lipinski definition) is 2. The van der Waals surface area contributed by atoms with Crippen molar-refractivity contribution in [2.75, 3.05) is 18.6 Å². The van der Waals surface area contributed by atoms with Crippen LogP contribution in [-0.4, -0.2) is 32.1 Å². The molecule has 0 aliphatic carbocycles. The number of hydrogen-bond acceptors (Lipinski definition) is 4. The second-order valence-corrected chi connectivity index (χ2v) is 6.16. The third-order valence-electron chi connectivity index (χ3n) is 2.12. The highest BCUT2D eigenvalue weighted by Gasteiger charge is 2.22. The Morgan fingerprint density at radius 1 is 1.39 bits per heavy atom. The predicted octanol–water partition coefficient (Wildman–Crippen LogP) is 1.10. The molecule has 0 bridgehead atoms. The lowest BCUT2D eigenvalue weighted by atomic mass is 10.2. The normalized spacial score (nSPS) is 11.8. The zero-order valence-corrected chi connectivity index (χ0v) is 11.2. The van der Waals surface area contributed by atoms with Crippen LogP contribution in [0.15, 0.2) is 17.0 Å². The minimum atomic E-state index is -4.11. The molecule has 0 saturated heterocycles. The van der Waals surface area contributed by atoms with Crippen molar-refractivity contribution in [2.45, 2.75) is 11.5 Å². The van der Waals surface area contributed by atoms with Crippen molar-refractivity contribution in [1.29, 1.82) is 0 Å². The topological polar surface area (TPSA) is 66.4 Å². The van der Waals surface area contributed by atoms with Gasteiger partial charge in [0, 0.05) is 12.3 Å². The fourth-order valence-electron chi connectivity index (χ4n) is 1.26. The Morgan fingerprint density at radius 2 is 2.06 bits per heavy atom. The summed E-state index contributed by atoms with van der Waals surface area (Å²) in [6, 6.07) is 1.68. The van der Waals surface area contributed by atoms with Gasteiger partial charge in [-0.25, -0.2) is 21.9 Å². The Kier molecular flexibility index (Phi) is 5.51. The van der Waals surface area contributed by atoms with Crippen LogP contribution < -0.4 is 4.72 Å². The molecule has 0 heterocycles. The van der Waals surface area contributed by atoms with E-state index in [4.69, 9.17) is 5.11 Å². The van der Waals surface area contributed by atoms with Crippen LogP contribution in [0.25, 0.3) is 0 Å². The first-order valence-corrected chi connectivity index (χ1v) is 7.87. The van der Waals surface area contributed by atoms with Gasteiger partial charge in [-0.3, -0.25) is 0 Å². The molecule has 18 heavy (non-hydrogen) atoms. The van der Waals surface area contributed by atoms with Gasteiger partial charge < -0.3 is 5.11 Å². The molecule has 0 atom stereocenters. The Morgan fingerprint density at radius 3 is 2.61 bits per heavy atom. The monoisotopic (exact) mass is 297 g/mol. The SMILES string of the molecule is CSCCNS(=O)(=O)c1cc(CO)cc(F)c1F. The van der Waals surface area contributed by atoms with Crippen molar-refractivity contribution in [3.05, 3.63) is 29.3 Å². The first kappa shape index (κ1) is 15.4. The van der Waals surface area contributed by atoms with Gasteiger partial charge in [0.2, 0.25) is 10.0 Å². The van der Waals surface area contributed by atoms with Gasteiger partial charge in [-0.15, -0.1) is 0 Å². The minimum absolute atomic E-state index is 0.000795. The van der Waals surface area contributed by atoms with Crippen molar-refractivity contribution in [3.8, 4) is 0 Å². The van der Waals surface area contributed by atoms with Crippen LogP contribution >= 0.6 is 11.8 Å². The fourth-order valence-corrected chi connectivity index (χ4v) is 2.86. The summed E-state index contributed by atoms with van der Waals surface area (Å²) in [6.07, 6.45) is 1.79. The van der Waals surface area contributed by atoms with Crippen LogP contribution in [-0.2, 0) is 16.6 Å². The van der Waals surface area contributed by atoms with Crippen molar-refractivity contribution in [3.63, 3.8) is 0 Å². The molecule has 1 aromatic rings. The van der Waals surface area contributed by atoms with Crippen LogP contribution in [0.3, 0.4) is 0 Å². The number of thioether (sulfide) groups is 1. The van der Waals surface area contributed by atoms with Crippen molar-refractivity contribution in [2.24, 2.45) is 0 Å². The molecule has 0 aliphatic rings. The number of sulfonamides is 1. The Labute approximate surface area is 108 Å². The van der Waals surface area contributed by atoms with Gasteiger partial charge in [-0.05, 0) is 24.0 Å². The molecule has 8 heteroatoms. The van der Waals surface area contributed by atoms with Gasteiger partial charge in [-0.2, -0.15) is 11.8 Å². The van der Waals surface area contributed by atoms with E-state index in [-0.39, 0.29) is 12.1 Å². The lowest BCUT2D eigenvalue weighted by Crippen LogP contribution is -2.27.